The second-order valence-electron chi connectivity index (χ2n) is 8.09. The van der Waals surface area contributed by atoms with Crippen LogP contribution < -0.4 is 15.6 Å². The molecule has 0 bridgehead atoms. The third-order valence-corrected chi connectivity index (χ3v) is 11.5. The first-order chi connectivity index (χ1) is 16.0. The van der Waals surface area contributed by atoms with Crippen molar-refractivity contribution in [3.8, 4) is 0 Å². The highest BCUT2D eigenvalue weighted by atomic mass is 32.2. The van der Waals surface area contributed by atoms with Gasteiger partial charge in [0.2, 0.25) is 0 Å². The third-order valence-electron chi connectivity index (χ3n) is 5.82. The van der Waals surface area contributed by atoms with Crippen LogP contribution in [0.5, 0.6) is 0 Å². The topological polar surface area (TPSA) is 26.3 Å². The van der Waals surface area contributed by atoms with Crippen molar-refractivity contribution in [2.75, 3.05) is 0 Å². The average Bonchev–Trinajstić information content (AvgIpc) is 2.88. The summed E-state index contributed by atoms with van der Waals surface area (Å²) in [7, 11) is -4.27. The van der Waals surface area contributed by atoms with Crippen molar-refractivity contribution in [3.63, 3.8) is 0 Å². The van der Waals surface area contributed by atoms with E-state index in [0.717, 1.165) is 26.0 Å². The molecular formula is C29H28O2SSi. The minimum Gasteiger partial charge on any atom is -0.397 e. The summed E-state index contributed by atoms with van der Waals surface area (Å²) in [5, 5.41) is 3.43. The van der Waals surface area contributed by atoms with Crippen LogP contribution >= 0.6 is 0 Å². The van der Waals surface area contributed by atoms with E-state index in [9.17, 15) is 4.21 Å². The van der Waals surface area contributed by atoms with Crippen molar-refractivity contribution in [2.24, 2.45) is 0 Å². The SMILES string of the molecule is C=C(C(C)O[Si](c1ccccc1)(c1ccccc1)c1ccccc1)[S@@](=O)c1ccc(C)cc1. The number of aryl methyl sites for hydroxylation is 1. The number of hydrogen-bond acceptors (Lipinski definition) is 2. The number of benzene rings is 4. The highest BCUT2D eigenvalue weighted by molar-refractivity contribution is 7.89. The number of hydrogen-bond donors (Lipinski definition) is 0. The Labute approximate surface area is 200 Å². The van der Waals surface area contributed by atoms with Gasteiger partial charge in [-0.15, -0.1) is 0 Å². The standard InChI is InChI=1S/C29H28O2SSi/c1-23-19-21-26(22-20-23)32(30)25(3)24(2)31-33(27-13-7-4-8-14-27,28-15-9-5-10-16-28)29-17-11-6-12-18-29/h4-22,24H,3H2,1-2H3/t24?,32-/m1/s1. The summed E-state index contributed by atoms with van der Waals surface area (Å²) >= 11 is 0. The fraction of sp³-hybridized carbons (Fsp3) is 0.103. The van der Waals surface area contributed by atoms with Gasteiger partial charge < -0.3 is 4.43 Å². The summed E-state index contributed by atoms with van der Waals surface area (Å²) in [6, 6.07) is 39.0. The maximum Gasteiger partial charge on any atom is 0.288 e. The van der Waals surface area contributed by atoms with E-state index in [1.807, 2.05) is 56.3 Å². The molecule has 0 heterocycles. The second kappa shape index (κ2) is 10.3. The molecule has 4 aromatic carbocycles. The predicted octanol–water partition coefficient (Wildman–Crippen LogP) is 4.69. The van der Waals surface area contributed by atoms with Gasteiger partial charge in [0, 0.05) is 9.80 Å². The molecule has 0 amide bonds. The summed E-state index contributed by atoms with van der Waals surface area (Å²) in [6.45, 7) is 8.20. The van der Waals surface area contributed by atoms with Gasteiger partial charge in [-0.1, -0.05) is 115 Å². The van der Waals surface area contributed by atoms with Gasteiger partial charge in [-0.05, 0) is 41.5 Å². The molecule has 0 N–H and O–H groups in total. The molecule has 0 aliphatic rings. The highest BCUT2D eigenvalue weighted by Gasteiger charge is 2.43. The molecular weight excluding hydrogens is 440 g/mol. The Morgan fingerprint density at radius 2 is 1.12 bits per heavy atom. The molecule has 33 heavy (non-hydrogen) atoms. The van der Waals surface area contributed by atoms with E-state index in [-0.39, 0.29) is 0 Å². The van der Waals surface area contributed by atoms with Crippen LogP contribution in [0.25, 0.3) is 0 Å². The molecule has 166 valence electrons. The maximum atomic E-state index is 13.3. The molecule has 4 heteroatoms. The Morgan fingerprint density at radius 1 is 0.727 bits per heavy atom. The van der Waals surface area contributed by atoms with Crippen molar-refractivity contribution < 1.29 is 8.63 Å². The molecule has 0 aliphatic heterocycles. The highest BCUT2D eigenvalue weighted by Crippen LogP contribution is 2.22. The first kappa shape index (κ1) is 23.1. The Morgan fingerprint density at radius 3 is 1.52 bits per heavy atom. The van der Waals surface area contributed by atoms with Gasteiger partial charge in [0.15, 0.2) is 0 Å². The Bertz CT molecular complexity index is 1130. The Kier molecular flexibility index (Phi) is 7.19. The first-order valence-electron chi connectivity index (χ1n) is 11.0. The smallest absolute Gasteiger partial charge is 0.288 e. The molecule has 0 spiro atoms. The Hall–Kier alpha value is -3.05. The fourth-order valence-corrected chi connectivity index (χ4v) is 9.21. The minimum atomic E-state index is -2.90. The van der Waals surface area contributed by atoms with Crippen molar-refractivity contribution in [3.05, 3.63) is 132 Å². The van der Waals surface area contributed by atoms with Gasteiger partial charge in [0.25, 0.3) is 8.32 Å². The summed E-state index contributed by atoms with van der Waals surface area (Å²) in [5.41, 5.74) is 1.13. The molecule has 0 saturated heterocycles. The predicted molar refractivity (Wildman–Crippen MR) is 141 cm³/mol. The quantitative estimate of drug-likeness (QED) is 0.277. The summed E-state index contributed by atoms with van der Waals surface area (Å²) in [4.78, 5) is 1.31. The molecule has 2 nitrogen and oxygen atoms in total. The first-order valence-corrected chi connectivity index (χ1v) is 14.1. The van der Waals surface area contributed by atoms with E-state index in [1.54, 1.807) is 0 Å². The van der Waals surface area contributed by atoms with Gasteiger partial charge in [-0.25, -0.2) is 4.21 Å². The van der Waals surface area contributed by atoms with E-state index < -0.39 is 25.2 Å². The lowest BCUT2D eigenvalue weighted by Gasteiger charge is -2.36. The lowest BCUT2D eigenvalue weighted by molar-refractivity contribution is 0.269. The van der Waals surface area contributed by atoms with E-state index in [2.05, 4.69) is 79.4 Å². The van der Waals surface area contributed by atoms with Crippen LogP contribution in [-0.2, 0) is 15.2 Å². The largest absolute Gasteiger partial charge is 0.397 e. The van der Waals surface area contributed by atoms with Gasteiger partial charge >= 0.3 is 0 Å². The normalized spacial score (nSPS) is 13.3. The zero-order valence-electron chi connectivity index (χ0n) is 19.0. The van der Waals surface area contributed by atoms with Crippen LogP contribution in [0.1, 0.15) is 12.5 Å². The van der Waals surface area contributed by atoms with Crippen molar-refractivity contribution in [1.82, 2.24) is 0 Å². The van der Waals surface area contributed by atoms with Gasteiger partial charge in [0.05, 0.1) is 16.9 Å². The Balaban J connectivity index is 1.80. The minimum absolute atomic E-state index is 0.417. The van der Waals surface area contributed by atoms with E-state index >= 15 is 0 Å². The van der Waals surface area contributed by atoms with Crippen molar-refractivity contribution in [1.29, 1.82) is 0 Å². The molecule has 0 aromatic heterocycles. The monoisotopic (exact) mass is 468 g/mol. The van der Waals surface area contributed by atoms with Crippen LogP contribution in [0, 0.1) is 6.92 Å². The molecule has 4 aromatic rings. The lowest BCUT2D eigenvalue weighted by atomic mass is 10.2. The van der Waals surface area contributed by atoms with Gasteiger partial charge in [-0.2, -0.15) is 0 Å². The molecule has 4 rings (SSSR count). The molecule has 1 unspecified atom stereocenters. The summed E-state index contributed by atoms with van der Waals surface area (Å²) < 4.78 is 20.4. The fourth-order valence-electron chi connectivity index (χ4n) is 4.02. The van der Waals surface area contributed by atoms with E-state index in [4.69, 9.17) is 4.43 Å². The van der Waals surface area contributed by atoms with Crippen LogP contribution in [0.15, 0.2) is 132 Å². The van der Waals surface area contributed by atoms with Crippen LogP contribution in [0.3, 0.4) is 0 Å². The van der Waals surface area contributed by atoms with Crippen LogP contribution in [-0.4, -0.2) is 18.6 Å². The van der Waals surface area contributed by atoms with Crippen molar-refractivity contribution >= 4 is 34.7 Å². The second-order valence-corrected chi connectivity index (χ2v) is 13.0. The van der Waals surface area contributed by atoms with E-state index in [0.29, 0.717) is 4.91 Å². The van der Waals surface area contributed by atoms with Gasteiger partial charge in [-0.3, -0.25) is 0 Å². The number of rotatable bonds is 8. The average molecular weight is 469 g/mol. The lowest BCUT2D eigenvalue weighted by Crippen LogP contribution is -2.70. The molecule has 0 aliphatic carbocycles. The molecule has 0 fully saturated rings. The van der Waals surface area contributed by atoms with Gasteiger partial charge in [0.1, 0.15) is 0 Å². The summed E-state index contributed by atoms with van der Waals surface area (Å²) in [6.07, 6.45) is -0.417. The molecule has 2 atom stereocenters. The zero-order valence-corrected chi connectivity index (χ0v) is 20.8. The third kappa shape index (κ3) is 4.83. The van der Waals surface area contributed by atoms with E-state index in [1.165, 1.54) is 0 Å². The summed E-state index contributed by atoms with van der Waals surface area (Å²) in [5.74, 6) is 0. The zero-order chi connectivity index (χ0) is 23.3. The van der Waals surface area contributed by atoms with Crippen LogP contribution in [0.4, 0.5) is 0 Å². The van der Waals surface area contributed by atoms with Crippen LogP contribution in [0.2, 0.25) is 0 Å². The maximum absolute atomic E-state index is 13.3. The molecule has 0 radical (unpaired) electrons. The molecule has 0 saturated carbocycles. The van der Waals surface area contributed by atoms with Crippen molar-refractivity contribution in [2.45, 2.75) is 24.8 Å².